The van der Waals surface area contributed by atoms with Gasteiger partial charge in [-0.05, 0) is 16.7 Å². The van der Waals surface area contributed by atoms with Crippen LogP contribution in [0.2, 0.25) is 0 Å². The van der Waals surface area contributed by atoms with Gasteiger partial charge in [-0.3, -0.25) is 10.1 Å². The minimum Gasteiger partial charge on any atom is -0.480 e. The Bertz CT molecular complexity index is 376. The van der Waals surface area contributed by atoms with Crippen LogP contribution < -0.4 is 5.32 Å². The number of aliphatic hydroxyl groups is 1. The van der Waals surface area contributed by atoms with Gasteiger partial charge in [-0.25, -0.2) is 0 Å². The van der Waals surface area contributed by atoms with Crippen LogP contribution in [0.1, 0.15) is 22.7 Å². The highest BCUT2D eigenvalue weighted by Crippen LogP contribution is 2.27. The molecule has 0 radical (unpaired) electrons. The van der Waals surface area contributed by atoms with Crippen LogP contribution in [-0.4, -0.2) is 16.2 Å². The molecular weight excluding hydrogens is 182 g/mol. The number of benzene rings is 1. The molecule has 0 fully saturated rings. The molecule has 4 nitrogen and oxygen atoms in total. The summed E-state index contributed by atoms with van der Waals surface area (Å²) in [5.41, 5.74) is 2.49. The van der Waals surface area contributed by atoms with E-state index in [0.717, 1.165) is 16.7 Å². The van der Waals surface area contributed by atoms with Crippen LogP contribution in [0, 0.1) is 0 Å². The summed E-state index contributed by atoms with van der Waals surface area (Å²) in [4.78, 5) is 10.8. The predicted molar refractivity (Wildman–Crippen MR) is 49.6 cm³/mol. The molecule has 0 bridgehead atoms. The zero-order chi connectivity index (χ0) is 10.1. The summed E-state index contributed by atoms with van der Waals surface area (Å²) in [6.07, 6.45) is 0. The summed E-state index contributed by atoms with van der Waals surface area (Å²) >= 11 is 0. The minimum absolute atomic E-state index is 0.0445. The fraction of sp³-hybridized carbons (Fsp3) is 0.300. The van der Waals surface area contributed by atoms with Crippen molar-refractivity contribution in [1.29, 1.82) is 0 Å². The molecule has 1 aromatic rings. The molecule has 0 spiro atoms. The van der Waals surface area contributed by atoms with Crippen molar-refractivity contribution in [3.63, 3.8) is 0 Å². The van der Waals surface area contributed by atoms with E-state index in [1.165, 1.54) is 0 Å². The first kappa shape index (κ1) is 9.18. The second-order valence-corrected chi connectivity index (χ2v) is 3.30. The van der Waals surface area contributed by atoms with E-state index in [0.29, 0.717) is 6.54 Å². The van der Waals surface area contributed by atoms with Crippen molar-refractivity contribution in [2.75, 3.05) is 0 Å². The van der Waals surface area contributed by atoms with Gasteiger partial charge in [0.2, 0.25) is 0 Å². The number of rotatable bonds is 2. The highest BCUT2D eigenvalue weighted by molar-refractivity contribution is 5.77. The lowest BCUT2D eigenvalue weighted by Crippen LogP contribution is -2.21. The molecule has 1 aliphatic heterocycles. The number of carbonyl (C=O) groups is 1. The van der Waals surface area contributed by atoms with Gasteiger partial charge in [-0.1, -0.05) is 18.2 Å². The van der Waals surface area contributed by atoms with Gasteiger partial charge in [-0.2, -0.15) is 0 Å². The van der Waals surface area contributed by atoms with Gasteiger partial charge in [0.15, 0.2) is 0 Å². The summed E-state index contributed by atoms with van der Waals surface area (Å²) < 4.78 is 0. The minimum atomic E-state index is -0.876. The van der Waals surface area contributed by atoms with Crippen molar-refractivity contribution in [3.05, 3.63) is 34.9 Å². The van der Waals surface area contributed by atoms with E-state index in [2.05, 4.69) is 5.32 Å². The second-order valence-electron chi connectivity index (χ2n) is 3.30. The van der Waals surface area contributed by atoms with E-state index >= 15 is 0 Å². The third-order valence-electron chi connectivity index (χ3n) is 2.52. The number of aliphatic hydroxyl groups excluding tert-OH is 1. The van der Waals surface area contributed by atoms with Crippen molar-refractivity contribution in [2.45, 2.75) is 19.2 Å². The average molecular weight is 193 g/mol. The SMILES string of the molecule is O=C(O)[C@H]1NCc2c(CO)cccc21. The Labute approximate surface area is 81.2 Å². The lowest BCUT2D eigenvalue weighted by Gasteiger charge is -2.06. The number of fused-ring (bicyclic) bond motifs is 1. The van der Waals surface area contributed by atoms with Crippen LogP contribution in [0.3, 0.4) is 0 Å². The first-order valence-corrected chi connectivity index (χ1v) is 4.41. The van der Waals surface area contributed by atoms with Gasteiger partial charge < -0.3 is 10.2 Å². The number of carboxylic acid groups (broad SMARTS) is 1. The molecular formula is C10H11NO3. The van der Waals surface area contributed by atoms with E-state index in [1.807, 2.05) is 6.07 Å². The van der Waals surface area contributed by atoms with E-state index in [1.54, 1.807) is 12.1 Å². The van der Waals surface area contributed by atoms with Crippen molar-refractivity contribution in [2.24, 2.45) is 0 Å². The first-order valence-electron chi connectivity index (χ1n) is 4.41. The Kier molecular flexibility index (Phi) is 2.23. The molecule has 0 unspecified atom stereocenters. The standard InChI is InChI=1S/C10H11NO3/c12-5-6-2-1-3-7-8(6)4-11-9(7)10(13)14/h1-3,9,11-12H,4-5H2,(H,13,14)/t9-/m0/s1. The molecule has 1 aromatic carbocycles. The number of carboxylic acids is 1. The Morgan fingerprint density at radius 1 is 1.57 bits per heavy atom. The van der Waals surface area contributed by atoms with E-state index in [4.69, 9.17) is 10.2 Å². The molecule has 74 valence electrons. The topological polar surface area (TPSA) is 69.6 Å². The Hall–Kier alpha value is -1.39. The predicted octanol–water partition coefficient (Wildman–Crippen LogP) is 0.408. The third kappa shape index (κ3) is 1.29. The van der Waals surface area contributed by atoms with Crippen molar-refractivity contribution in [1.82, 2.24) is 5.32 Å². The number of aliphatic carboxylic acids is 1. The Morgan fingerprint density at radius 2 is 2.36 bits per heavy atom. The van der Waals surface area contributed by atoms with Crippen LogP contribution in [0.15, 0.2) is 18.2 Å². The summed E-state index contributed by atoms with van der Waals surface area (Å²) in [5.74, 6) is -0.876. The van der Waals surface area contributed by atoms with E-state index in [9.17, 15) is 4.79 Å². The van der Waals surface area contributed by atoms with Gasteiger partial charge in [0.1, 0.15) is 6.04 Å². The van der Waals surface area contributed by atoms with Crippen molar-refractivity contribution < 1.29 is 15.0 Å². The van der Waals surface area contributed by atoms with Gasteiger partial charge in [0.25, 0.3) is 0 Å². The molecule has 4 heteroatoms. The summed E-state index contributed by atoms with van der Waals surface area (Å²) in [6, 6.07) is 4.74. The average Bonchev–Trinajstić information content (AvgIpc) is 2.60. The van der Waals surface area contributed by atoms with Crippen LogP contribution in [-0.2, 0) is 17.9 Å². The fourth-order valence-electron chi connectivity index (χ4n) is 1.82. The second kappa shape index (κ2) is 3.40. The molecule has 1 aliphatic rings. The van der Waals surface area contributed by atoms with Crippen LogP contribution in [0.4, 0.5) is 0 Å². The monoisotopic (exact) mass is 193 g/mol. The normalized spacial score (nSPS) is 19.4. The molecule has 0 aliphatic carbocycles. The van der Waals surface area contributed by atoms with E-state index in [-0.39, 0.29) is 6.61 Å². The number of nitrogens with one attached hydrogen (secondary N) is 1. The van der Waals surface area contributed by atoms with Crippen molar-refractivity contribution >= 4 is 5.97 Å². The largest absolute Gasteiger partial charge is 0.480 e. The molecule has 1 heterocycles. The van der Waals surface area contributed by atoms with Crippen LogP contribution in [0.25, 0.3) is 0 Å². The quantitative estimate of drug-likeness (QED) is 0.636. The zero-order valence-corrected chi connectivity index (χ0v) is 7.53. The van der Waals surface area contributed by atoms with Gasteiger partial charge in [0.05, 0.1) is 6.61 Å². The molecule has 2 rings (SSSR count). The Balaban J connectivity index is 2.46. The summed E-state index contributed by atoms with van der Waals surface area (Å²) in [5, 5.41) is 20.8. The third-order valence-corrected chi connectivity index (χ3v) is 2.52. The van der Waals surface area contributed by atoms with Gasteiger partial charge in [0, 0.05) is 6.54 Å². The highest BCUT2D eigenvalue weighted by atomic mass is 16.4. The molecule has 1 atom stereocenters. The molecule has 14 heavy (non-hydrogen) atoms. The first-order chi connectivity index (χ1) is 6.74. The van der Waals surface area contributed by atoms with Crippen LogP contribution >= 0.6 is 0 Å². The lowest BCUT2D eigenvalue weighted by atomic mass is 10.0. The summed E-state index contributed by atoms with van der Waals surface area (Å²) in [6.45, 7) is 0.472. The summed E-state index contributed by atoms with van der Waals surface area (Å²) in [7, 11) is 0. The maximum Gasteiger partial charge on any atom is 0.325 e. The maximum absolute atomic E-state index is 10.8. The fourth-order valence-corrected chi connectivity index (χ4v) is 1.82. The molecule has 0 aromatic heterocycles. The number of hydrogen-bond donors (Lipinski definition) is 3. The molecule has 0 saturated heterocycles. The smallest absolute Gasteiger partial charge is 0.325 e. The lowest BCUT2D eigenvalue weighted by molar-refractivity contribution is -0.139. The van der Waals surface area contributed by atoms with Gasteiger partial charge >= 0.3 is 5.97 Å². The maximum atomic E-state index is 10.8. The Morgan fingerprint density at radius 3 is 3.00 bits per heavy atom. The number of hydrogen-bond acceptors (Lipinski definition) is 3. The van der Waals surface area contributed by atoms with Crippen LogP contribution in [0.5, 0.6) is 0 Å². The molecule has 0 amide bonds. The van der Waals surface area contributed by atoms with Crippen molar-refractivity contribution in [3.8, 4) is 0 Å². The zero-order valence-electron chi connectivity index (χ0n) is 7.53. The molecule has 0 saturated carbocycles. The highest BCUT2D eigenvalue weighted by Gasteiger charge is 2.28. The van der Waals surface area contributed by atoms with E-state index < -0.39 is 12.0 Å². The van der Waals surface area contributed by atoms with Gasteiger partial charge in [-0.15, -0.1) is 0 Å². The molecule has 3 N–H and O–H groups in total.